The van der Waals surface area contributed by atoms with E-state index in [0.717, 1.165) is 31.6 Å². The Hall–Kier alpha value is -1.43. The van der Waals surface area contributed by atoms with Gasteiger partial charge in [0, 0.05) is 5.92 Å². The largest absolute Gasteiger partial charge is 0.468 e. The molecule has 0 aromatic carbocycles. The normalized spacial score (nSPS) is 42.9. The average Bonchev–Trinajstić information content (AvgIpc) is 3.15. The molecule has 198 valence electrons. The fourth-order valence-corrected chi connectivity index (χ4v) is 9.11. The van der Waals surface area contributed by atoms with Crippen molar-refractivity contribution in [3.05, 3.63) is 0 Å². The molecule has 0 heterocycles. The van der Waals surface area contributed by atoms with Crippen molar-refractivity contribution in [1.29, 1.82) is 0 Å². The van der Waals surface area contributed by atoms with Crippen molar-refractivity contribution in [2.75, 3.05) is 13.7 Å². The maximum absolute atomic E-state index is 12.7. The van der Waals surface area contributed by atoms with Crippen molar-refractivity contribution in [2.24, 2.45) is 40.4 Å². The Kier molecular flexibility index (Phi) is 6.96. The van der Waals surface area contributed by atoms with Crippen molar-refractivity contribution in [2.45, 2.75) is 110 Å². The smallest absolute Gasteiger partial charge is 0.325 e. The summed E-state index contributed by atoms with van der Waals surface area (Å²) in [7, 11) is 1.35. The molecule has 8 atom stereocenters. The molecule has 0 bridgehead atoms. The molecule has 4 aliphatic rings. The van der Waals surface area contributed by atoms with Crippen LogP contribution in [0.2, 0.25) is 0 Å². The summed E-state index contributed by atoms with van der Waals surface area (Å²) in [6.45, 7) is 12.2. The van der Waals surface area contributed by atoms with E-state index in [-0.39, 0.29) is 29.3 Å². The Balaban J connectivity index is 1.40. The zero-order valence-electron chi connectivity index (χ0n) is 23.0. The molecule has 0 unspecified atom stereocenters. The van der Waals surface area contributed by atoms with Gasteiger partial charge in [0.2, 0.25) is 0 Å². The fourth-order valence-electron chi connectivity index (χ4n) is 9.11. The summed E-state index contributed by atoms with van der Waals surface area (Å²) >= 11 is 0. The van der Waals surface area contributed by atoms with Gasteiger partial charge in [-0.1, -0.05) is 13.8 Å². The minimum atomic E-state index is -0.935. The van der Waals surface area contributed by atoms with Gasteiger partial charge in [-0.05, 0) is 120 Å². The van der Waals surface area contributed by atoms with Gasteiger partial charge in [0.1, 0.15) is 16.9 Å². The number of ether oxygens (including phenoxy) is 2. The Bertz CT molecular complexity index is 869. The van der Waals surface area contributed by atoms with E-state index in [9.17, 15) is 14.4 Å². The highest BCUT2D eigenvalue weighted by atomic mass is 16.6. The lowest BCUT2D eigenvalue weighted by molar-refractivity contribution is -0.180. The topological polar surface area (TPSA) is 81.7 Å². The molecule has 1 N–H and O–H groups in total. The van der Waals surface area contributed by atoms with Crippen molar-refractivity contribution in [3.8, 4) is 0 Å². The van der Waals surface area contributed by atoms with E-state index in [1.165, 1.54) is 39.2 Å². The number of nitrogens with one attached hydrogen (secondary N) is 1. The van der Waals surface area contributed by atoms with Gasteiger partial charge in [0.15, 0.2) is 0 Å². The second kappa shape index (κ2) is 9.15. The van der Waals surface area contributed by atoms with Gasteiger partial charge in [-0.25, -0.2) is 0 Å². The van der Waals surface area contributed by atoms with Gasteiger partial charge in [0.05, 0.1) is 13.7 Å². The summed E-state index contributed by atoms with van der Waals surface area (Å²) < 4.78 is 10.9. The van der Waals surface area contributed by atoms with Crippen LogP contribution in [0.4, 0.5) is 0 Å². The lowest BCUT2D eigenvalue weighted by Gasteiger charge is -2.62. The summed E-state index contributed by atoms with van der Waals surface area (Å²) in [5.41, 5.74) is -0.910. The number of rotatable bonds is 6. The van der Waals surface area contributed by atoms with Crippen molar-refractivity contribution in [3.63, 3.8) is 0 Å². The molecule has 0 saturated heterocycles. The Morgan fingerprint density at radius 1 is 0.914 bits per heavy atom. The molecule has 6 nitrogen and oxygen atoms in total. The molecule has 4 saturated carbocycles. The van der Waals surface area contributed by atoms with E-state index >= 15 is 0 Å². The SMILES string of the molecule is COC(=O)C(C)(C)NCC(=O)O[C@]1(C)CC[C@@]2(C)[C@@H](CC[C@@H]3[C@@H]2CC[C@]2(C)[C@@H](C(C)=O)CC[C@@H]32)C1. The number of Topliss-reactive ketones (excluding diaryl/α,β-unsaturated/α-hetero) is 1. The summed E-state index contributed by atoms with van der Waals surface area (Å²) in [5.74, 6) is 2.63. The molecular formula is C29H47NO5. The number of methoxy groups -OCH3 is 1. The van der Waals surface area contributed by atoms with E-state index in [4.69, 9.17) is 9.47 Å². The molecular weight excluding hydrogens is 442 g/mol. The van der Waals surface area contributed by atoms with Gasteiger partial charge in [-0.2, -0.15) is 0 Å². The quantitative estimate of drug-likeness (QED) is 0.524. The Labute approximate surface area is 211 Å². The van der Waals surface area contributed by atoms with Crippen LogP contribution in [0.5, 0.6) is 0 Å². The van der Waals surface area contributed by atoms with E-state index in [1.54, 1.807) is 20.8 Å². The van der Waals surface area contributed by atoms with Gasteiger partial charge in [-0.3, -0.25) is 19.7 Å². The molecule has 0 aliphatic heterocycles. The Morgan fingerprint density at radius 3 is 2.26 bits per heavy atom. The molecule has 0 aromatic rings. The first-order chi connectivity index (χ1) is 16.3. The average molecular weight is 490 g/mol. The number of carbonyl (C=O) groups excluding carboxylic acids is 3. The van der Waals surface area contributed by atoms with Crippen molar-refractivity contribution >= 4 is 17.7 Å². The highest BCUT2D eigenvalue weighted by molar-refractivity contribution is 5.81. The lowest BCUT2D eigenvalue weighted by Crippen LogP contribution is -2.56. The van der Waals surface area contributed by atoms with Gasteiger partial charge in [-0.15, -0.1) is 0 Å². The maximum Gasteiger partial charge on any atom is 0.325 e. The zero-order chi connectivity index (χ0) is 25.8. The summed E-state index contributed by atoms with van der Waals surface area (Å²) in [4.78, 5) is 37.0. The predicted octanol–water partition coefficient (Wildman–Crippen LogP) is 5.08. The molecule has 4 aliphatic carbocycles. The first-order valence-electron chi connectivity index (χ1n) is 13.8. The molecule has 4 fully saturated rings. The monoisotopic (exact) mass is 489 g/mol. The number of hydrogen-bond donors (Lipinski definition) is 1. The van der Waals surface area contributed by atoms with Crippen LogP contribution in [-0.4, -0.2) is 42.5 Å². The first kappa shape index (κ1) is 26.6. The van der Waals surface area contributed by atoms with Crippen LogP contribution in [0, 0.1) is 40.4 Å². The van der Waals surface area contributed by atoms with Crippen LogP contribution in [-0.2, 0) is 23.9 Å². The van der Waals surface area contributed by atoms with Gasteiger partial charge >= 0.3 is 11.9 Å². The minimum Gasteiger partial charge on any atom is -0.468 e. The zero-order valence-corrected chi connectivity index (χ0v) is 23.0. The molecule has 0 aromatic heterocycles. The van der Waals surface area contributed by atoms with Crippen LogP contribution in [0.3, 0.4) is 0 Å². The van der Waals surface area contributed by atoms with Crippen LogP contribution in [0.15, 0.2) is 0 Å². The fraction of sp³-hybridized carbons (Fsp3) is 0.897. The highest BCUT2D eigenvalue weighted by Crippen LogP contribution is 2.68. The molecule has 35 heavy (non-hydrogen) atoms. The van der Waals surface area contributed by atoms with Crippen LogP contribution >= 0.6 is 0 Å². The van der Waals surface area contributed by atoms with Gasteiger partial charge < -0.3 is 9.47 Å². The predicted molar refractivity (Wildman–Crippen MR) is 134 cm³/mol. The van der Waals surface area contributed by atoms with Crippen LogP contribution in [0.25, 0.3) is 0 Å². The van der Waals surface area contributed by atoms with E-state index in [0.29, 0.717) is 23.5 Å². The van der Waals surface area contributed by atoms with E-state index in [2.05, 4.69) is 26.1 Å². The van der Waals surface area contributed by atoms with Crippen molar-refractivity contribution in [1.82, 2.24) is 5.32 Å². The van der Waals surface area contributed by atoms with Crippen LogP contribution < -0.4 is 5.32 Å². The minimum absolute atomic E-state index is 0.0120. The van der Waals surface area contributed by atoms with E-state index < -0.39 is 17.1 Å². The highest BCUT2D eigenvalue weighted by Gasteiger charge is 2.61. The first-order valence-corrected chi connectivity index (χ1v) is 13.8. The maximum atomic E-state index is 12.7. The second-order valence-electron chi connectivity index (χ2n) is 13.5. The summed E-state index contributed by atoms with van der Waals surface area (Å²) in [6.07, 6.45) is 10.0. The Morgan fingerprint density at radius 2 is 1.60 bits per heavy atom. The number of ketones is 1. The third-order valence-corrected chi connectivity index (χ3v) is 11.2. The standard InChI is InChI=1S/C29H47NO5/c1-18(31)21-10-11-22-20-9-8-19-16-27(4,35-24(32)17-30-26(2,3)25(33)34-7)14-15-28(19,5)23(20)12-13-29(21,22)6/h19-23,30H,8-17H2,1-7H3/t19-,20-,21+,22-,23-,27+,28-,29+/m0/s1. The number of esters is 2. The third kappa shape index (κ3) is 4.57. The lowest BCUT2D eigenvalue weighted by atomic mass is 9.44. The molecule has 6 heteroatoms. The summed E-state index contributed by atoms with van der Waals surface area (Å²) in [6, 6.07) is 0. The number of hydrogen-bond acceptors (Lipinski definition) is 6. The molecule has 0 radical (unpaired) electrons. The van der Waals surface area contributed by atoms with Crippen molar-refractivity contribution < 1.29 is 23.9 Å². The van der Waals surface area contributed by atoms with Gasteiger partial charge in [0.25, 0.3) is 0 Å². The molecule has 4 rings (SSSR count). The number of carbonyl (C=O) groups is 3. The van der Waals surface area contributed by atoms with E-state index in [1.807, 2.05) is 0 Å². The molecule has 0 amide bonds. The number of fused-ring (bicyclic) bond motifs is 5. The second-order valence-corrected chi connectivity index (χ2v) is 13.5. The molecule has 0 spiro atoms. The third-order valence-electron chi connectivity index (χ3n) is 11.2. The summed E-state index contributed by atoms with van der Waals surface area (Å²) in [5, 5.41) is 2.98. The van der Waals surface area contributed by atoms with Crippen LogP contribution in [0.1, 0.15) is 99.3 Å².